The van der Waals surface area contributed by atoms with Crippen molar-refractivity contribution in [2.24, 2.45) is 0 Å². The maximum atomic E-state index is 9.91. The van der Waals surface area contributed by atoms with E-state index in [1.807, 2.05) is 24.3 Å². The van der Waals surface area contributed by atoms with Crippen LogP contribution in [0.5, 0.6) is 0 Å². The Morgan fingerprint density at radius 2 is 2.05 bits per heavy atom. The van der Waals surface area contributed by atoms with Gasteiger partial charge in [-0.05, 0) is 24.5 Å². The molecule has 0 spiro atoms. The lowest BCUT2D eigenvalue weighted by Gasteiger charge is -2.29. The first-order chi connectivity index (χ1) is 10.2. The van der Waals surface area contributed by atoms with E-state index in [9.17, 15) is 10.2 Å². The van der Waals surface area contributed by atoms with Crippen molar-refractivity contribution >= 4 is 11.6 Å². The van der Waals surface area contributed by atoms with Gasteiger partial charge in [-0.2, -0.15) is 0 Å². The number of ether oxygens (including phenoxy) is 1. The van der Waals surface area contributed by atoms with Gasteiger partial charge in [-0.15, -0.1) is 0 Å². The first kappa shape index (κ1) is 16.7. The minimum atomic E-state index is -0.582. The lowest BCUT2D eigenvalue weighted by molar-refractivity contribution is 0.0208. The van der Waals surface area contributed by atoms with E-state index < -0.39 is 6.10 Å². The summed E-state index contributed by atoms with van der Waals surface area (Å²) in [5.41, 5.74) is 0.919. The number of nitrogens with one attached hydrogen (secondary N) is 1. The van der Waals surface area contributed by atoms with E-state index in [-0.39, 0.29) is 18.8 Å². The van der Waals surface area contributed by atoms with Crippen LogP contribution in [0.1, 0.15) is 31.2 Å². The molecule has 3 atom stereocenters. The first-order valence-corrected chi connectivity index (χ1v) is 7.95. The molecule has 1 aliphatic rings. The van der Waals surface area contributed by atoms with E-state index in [0.29, 0.717) is 18.2 Å². The van der Waals surface area contributed by atoms with Gasteiger partial charge in [0, 0.05) is 17.6 Å². The van der Waals surface area contributed by atoms with Crippen LogP contribution >= 0.6 is 11.6 Å². The standard InChI is InChI=1S/C16H24ClNO3/c17-14-6-2-1-5-12(14)10-21-11-13(19)9-18-15-7-3-4-8-16(15)20/h1-2,5-6,13,15-16,18-20H,3-4,7-11H2. The third-order valence-corrected chi connectivity index (χ3v) is 4.24. The number of halogens is 1. The van der Waals surface area contributed by atoms with Crippen LogP contribution in [0.15, 0.2) is 24.3 Å². The molecule has 4 nitrogen and oxygen atoms in total. The highest BCUT2D eigenvalue weighted by molar-refractivity contribution is 6.31. The minimum Gasteiger partial charge on any atom is -0.392 e. The monoisotopic (exact) mass is 313 g/mol. The van der Waals surface area contributed by atoms with E-state index in [2.05, 4.69) is 5.32 Å². The van der Waals surface area contributed by atoms with Crippen molar-refractivity contribution in [1.29, 1.82) is 0 Å². The third-order valence-electron chi connectivity index (χ3n) is 3.87. The van der Waals surface area contributed by atoms with E-state index in [0.717, 1.165) is 31.2 Å². The second kappa shape index (κ2) is 8.71. The largest absolute Gasteiger partial charge is 0.392 e. The molecule has 0 amide bonds. The van der Waals surface area contributed by atoms with Crippen LogP contribution in [-0.2, 0) is 11.3 Å². The van der Waals surface area contributed by atoms with E-state index in [1.165, 1.54) is 0 Å². The van der Waals surface area contributed by atoms with Gasteiger partial charge in [-0.3, -0.25) is 0 Å². The zero-order valence-corrected chi connectivity index (χ0v) is 12.9. The van der Waals surface area contributed by atoms with Crippen LogP contribution in [-0.4, -0.2) is 41.6 Å². The molecule has 0 aliphatic heterocycles. The van der Waals surface area contributed by atoms with Gasteiger partial charge < -0.3 is 20.3 Å². The van der Waals surface area contributed by atoms with Crippen molar-refractivity contribution < 1.29 is 14.9 Å². The summed E-state index contributed by atoms with van der Waals surface area (Å²) in [5.74, 6) is 0. The molecule has 0 aromatic heterocycles. The second-order valence-corrected chi connectivity index (χ2v) is 6.03. The number of hydrogen-bond acceptors (Lipinski definition) is 4. The molecule has 21 heavy (non-hydrogen) atoms. The summed E-state index contributed by atoms with van der Waals surface area (Å²) in [5, 5.41) is 23.7. The SMILES string of the molecule is OC(CNC1CCCCC1O)COCc1ccccc1Cl. The number of rotatable bonds is 7. The van der Waals surface area contributed by atoms with E-state index >= 15 is 0 Å². The Morgan fingerprint density at radius 1 is 1.29 bits per heavy atom. The minimum absolute atomic E-state index is 0.0944. The number of aliphatic hydroxyl groups is 2. The van der Waals surface area contributed by atoms with Crippen LogP contribution in [0.3, 0.4) is 0 Å². The van der Waals surface area contributed by atoms with Crippen LogP contribution in [0.25, 0.3) is 0 Å². The maximum Gasteiger partial charge on any atom is 0.0897 e. The summed E-state index contributed by atoms with van der Waals surface area (Å²) in [6.07, 6.45) is 3.15. The van der Waals surface area contributed by atoms with Crippen LogP contribution < -0.4 is 5.32 Å². The topological polar surface area (TPSA) is 61.7 Å². The zero-order valence-electron chi connectivity index (χ0n) is 12.2. The predicted octanol–water partition coefficient (Wildman–Crippen LogP) is 2.11. The molecule has 3 N–H and O–H groups in total. The summed E-state index contributed by atoms with van der Waals surface area (Å²) in [4.78, 5) is 0. The van der Waals surface area contributed by atoms with Crippen molar-refractivity contribution in [1.82, 2.24) is 5.32 Å². The fraction of sp³-hybridized carbons (Fsp3) is 0.625. The average molecular weight is 314 g/mol. The van der Waals surface area contributed by atoms with Crippen LogP contribution in [0, 0.1) is 0 Å². The molecule has 1 saturated carbocycles. The molecule has 1 aliphatic carbocycles. The Hall–Kier alpha value is -0.650. The Morgan fingerprint density at radius 3 is 2.81 bits per heavy atom. The lowest BCUT2D eigenvalue weighted by Crippen LogP contribution is -2.45. The molecule has 0 heterocycles. The lowest BCUT2D eigenvalue weighted by atomic mass is 9.92. The Kier molecular flexibility index (Phi) is 6.93. The second-order valence-electron chi connectivity index (χ2n) is 5.63. The van der Waals surface area contributed by atoms with Crippen LogP contribution in [0.2, 0.25) is 5.02 Å². The molecule has 1 fully saturated rings. The molecule has 0 bridgehead atoms. The molecule has 5 heteroatoms. The van der Waals surface area contributed by atoms with Crippen molar-refractivity contribution in [2.75, 3.05) is 13.2 Å². The van der Waals surface area contributed by atoms with Crippen molar-refractivity contribution in [3.8, 4) is 0 Å². The van der Waals surface area contributed by atoms with Gasteiger partial charge >= 0.3 is 0 Å². The number of benzene rings is 1. The predicted molar refractivity (Wildman–Crippen MR) is 83.4 cm³/mol. The molecule has 3 unspecified atom stereocenters. The molecular weight excluding hydrogens is 290 g/mol. The molecule has 0 saturated heterocycles. The van der Waals surface area contributed by atoms with E-state index in [4.69, 9.17) is 16.3 Å². The van der Waals surface area contributed by atoms with Crippen molar-refractivity contribution in [2.45, 2.75) is 50.5 Å². The van der Waals surface area contributed by atoms with E-state index in [1.54, 1.807) is 0 Å². The highest BCUT2D eigenvalue weighted by atomic mass is 35.5. The highest BCUT2D eigenvalue weighted by Gasteiger charge is 2.22. The van der Waals surface area contributed by atoms with Gasteiger partial charge in [-0.1, -0.05) is 42.6 Å². The quantitative estimate of drug-likeness (QED) is 0.721. The molecule has 1 aromatic rings. The molecule has 1 aromatic carbocycles. The third kappa shape index (κ3) is 5.57. The van der Waals surface area contributed by atoms with Crippen molar-refractivity contribution in [3.05, 3.63) is 34.9 Å². The highest BCUT2D eigenvalue weighted by Crippen LogP contribution is 2.18. The summed E-state index contributed by atoms with van der Waals surface area (Å²) >= 11 is 6.04. The molecular formula is C16H24ClNO3. The molecule has 118 valence electrons. The van der Waals surface area contributed by atoms with Crippen molar-refractivity contribution in [3.63, 3.8) is 0 Å². The Labute approximate surface area is 131 Å². The Balaban J connectivity index is 1.63. The van der Waals surface area contributed by atoms with Gasteiger partial charge in [-0.25, -0.2) is 0 Å². The van der Waals surface area contributed by atoms with Gasteiger partial charge in [0.2, 0.25) is 0 Å². The zero-order chi connectivity index (χ0) is 15.1. The normalized spacial score (nSPS) is 24.0. The van der Waals surface area contributed by atoms with Gasteiger partial charge in [0.25, 0.3) is 0 Å². The summed E-state index contributed by atoms with van der Waals surface area (Å²) in [6.45, 7) is 1.08. The Bertz CT molecular complexity index is 430. The fourth-order valence-electron chi connectivity index (χ4n) is 2.62. The fourth-order valence-corrected chi connectivity index (χ4v) is 2.81. The van der Waals surface area contributed by atoms with Gasteiger partial charge in [0.05, 0.1) is 25.4 Å². The smallest absolute Gasteiger partial charge is 0.0897 e. The van der Waals surface area contributed by atoms with Gasteiger partial charge in [0.15, 0.2) is 0 Å². The molecule has 2 rings (SSSR count). The van der Waals surface area contributed by atoms with Crippen LogP contribution in [0.4, 0.5) is 0 Å². The summed E-state index contributed by atoms with van der Waals surface area (Å²) in [6, 6.07) is 7.61. The maximum absolute atomic E-state index is 9.91. The summed E-state index contributed by atoms with van der Waals surface area (Å²) in [7, 11) is 0. The summed E-state index contributed by atoms with van der Waals surface area (Å²) < 4.78 is 5.49. The number of aliphatic hydroxyl groups excluding tert-OH is 2. The average Bonchev–Trinajstić information content (AvgIpc) is 2.48. The number of hydrogen-bond donors (Lipinski definition) is 3. The molecule has 0 radical (unpaired) electrons. The first-order valence-electron chi connectivity index (χ1n) is 7.57. The van der Waals surface area contributed by atoms with Gasteiger partial charge in [0.1, 0.15) is 0 Å².